The van der Waals surface area contributed by atoms with Gasteiger partial charge in [0.25, 0.3) is 0 Å². The summed E-state index contributed by atoms with van der Waals surface area (Å²) in [7, 11) is 0. The predicted molar refractivity (Wildman–Crippen MR) is 94.8 cm³/mol. The lowest BCUT2D eigenvalue weighted by Crippen LogP contribution is -2.21. The quantitative estimate of drug-likeness (QED) is 0.647. The molecule has 1 aromatic heterocycles. The van der Waals surface area contributed by atoms with E-state index in [-0.39, 0.29) is 0 Å². The van der Waals surface area contributed by atoms with E-state index in [1.807, 2.05) is 0 Å². The van der Waals surface area contributed by atoms with Crippen LogP contribution in [0.5, 0.6) is 0 Å². The Bertz CT molecular complexity index is 814. The lowest BCUT2D eigenvalue weighted by Gasteiger charge is -2.29. The van der Waals surface area contributed by atoms with E-state index in [0.29, 0.717) is 5.41 Å². The van der Waals surface area contributed by atoms with Crippen LogP contribution in [0.3, 0.4) is 0 Å². The van der Waals surface area contributed by atoms with Crippen molar-refractivity contribution >= 4 is 0 Å². The number of hydrogen-bond donors (Lipinski definition) is 0. The van der Waals surface area contributed by atoms with E-state index in [9.17, 15) is 0 Å². The fourth-order valence-corrected chi connectivity index (χ4v) is 3.55. The maximum absolute atomic E-state index is 4.98. The van der Waals surface area contributed by atoms with Gasteiger partial charge in [-0.25, -0.2) is 4.68 Å². The smallest absolute Gasteiger partial charge is 0.0776 e. The van der Waals surface area contributed by atoms with E-state index in [2.05, 4.69) is 79.2 Å². The molecule has 1 aliphatic carbocycles. The maximum Gasteiger partial charge on any atom is 0.0776 e. The normalized spacial score (nSPS) is 16.1. The highest BCUT2D eigenvalue weighted by Crippen LogP contribution is 2.40. The molecule has 2 heteroatoms. The predicted octanol–water partition coefficient (Wildman–Crippen LogP) is 5.05. The number of nitrogens with zero attached hydrogens (tertiary/aromatic N) is 2. The molecule has 1 aliphatic rings. The van der Waals surface area contributed by atoms with E-state index < -0.39 is 0 Å². The number of para-hydroxylation sites is 1. The van der Waals surface area contributed by atoms with Crippen LogP contribution >= 0.6 is 0 Å². The molecule has 0 saturated heterocycles. The summed E-state index contributed by atoms with van der Waals surface area (Å²) >= 11 is 0. The fraction of sp³-hybridized carbons (Fsp3) is 0.286. The average molecular weight is 302 g/mol. The van der Waals surface area contributed by atoms with Crippen molar-refractivity contribution in [1.29, 1.82) is 0 Å². The van der Waals surface area contributed by atoms with Crippen LogP contribution in [-0.2, 0) is 12.8 Å². The van der Waals surface area contributed by atoms with Crippen LogP contribution in [-0.4, -0.2) is 9.78 Å². The van der Waals surface area contributed by atoms with Crippen LogP contribution in [0.1, 0.15) is 31.5 Å². The summed E-state index contributed by atoms with van der Waals surface area (Å²) in [5, 5.41) is 4.98. The summed E-state index contributed by atoms with van der Waals surface area (Å²) in [6, 6.07) is 21.2. The Morgan fingerprint density at radius 2 is 1.57 bits per heavy atom. The second-order valence-electron chi connectivity index (χ2n) is 7.23. The van der Waals surface area contributed by atoms with Gasteiger partial charge in [-0.2, -0.15) is 5.10 Å². The van der Waals surface area contributed by atoms with Crippen molar-refractivity contribution in [1.82, 2.24) is 9.78 Å². The SMILES string of the molecule is CC1(C)CCc2nn(-c3ccccc3)c(-c3ccccc3)c2C1. The fourth-order valence-electron chi connectivity index (χ4n) is 3.55. The second-order valence-corrected chi connectivity index (χ2v) is 7.23. The van der Waals surface area contributed by atoms with Gasteiger partial charge in [0.2, 0.25) is 0 Å². The summed E-state index contributed by atoms with van der Waals surface area (Å²) < 4.78 is 2.14. The Morgan fingerprint density at radius 3 is 2.26 bits per heavy atom. The van der Waals surface area contributed by atoms with Gasteiger partial charge in [0, 0.05) is 11.1 Å². The van der Waals surface area contributed by atoms with Crippen molar-refractivity contribution in [2.45, 2.75) is 33.1 Å². The average Bonchev–Trinajstić information content (AvgIpc) is 2.94. The second kappa shape index (κ2) is 5.38. The molecule has 2 aromatic carbocycles. The van der Waals surface area contributed by atoms with E-state index in [1.165, 1.54) is 28.9 Å². The number of benzene rings is 2. The molecule has 0 radical (unpaired) electrons. The first kappa shape index (κ1) is 14.3. The zero-order chi connectivity index (χ0) is 15.9. The molecule has 2 nitrogen and oxygen atoms in total. The van der Waals surface area contributed by atoms with Crippen molar-refractivity contribution in [3.63, 3.8) is 0 Å². The molecule has 0 saturated carbocycles. The monoisotopic (exact) mass is 302 g/mol. The van der Waals surface area contributed by atoms with Gasteiger partial charge in [-0.05, 0) is 36.8 Å². The molecule has 0 spiro atoms. The van der Waals surface area contributed by atoms with Crippen LogP contribution in [0.2, 0.25) is 0 Å². The molecule has 0 amide bonds. The van der Waals surface area contributed by atoms with Gasteiger partial charge in [-0.3, -0.25) is 0 Å². The molecule has 0 aliphatic heterocycles. The third-order valence-corrected chi connectivity index (χ3v) is 4.81. The topological polar surface area (TPSA) is 17.8 Å². The summed E-state index contributed by atoms with van der Waals surface area (Å²) in [6.45, 7) is 4.73. The van der Waals surface area contributed by atoms with Crippen LogP contribution in [0.25, 0.3) is 16.9 Å². The summed E-state index contributed by atoms with van der Waals surface area (Å²) in [6.07, 6.45) is 3.38. The van der Waals surface area contributed by atoms with Crippen molar-refractivity contribution < 1.29 is 0 Å². The number of aryl methyl sites for hydroxylation is 1. The van der Waals surface area contributed by atoms with E-state index >= 15 is 0 Å². The van der Waals surface area contributed by atoms with E-state index in [1.54, 1.807) is 0 Å². The molecule has 0 fully saturated rings. The minimum absolute atomic E-state index is 0.348. The Balaban J connectivity index is 1.96. The third-order valence-electron chi connectivity index (χ3n) is 4.81. The first-order valence-electron chi connectivity index (χ1n) is 8.36. The van der Waals surface area contributed by atoms with Crippen LogP contribution in [0.4, 0.5) is 0 Å². The van der Waals surface area contributed by atoms with Crippen molar-refractivity contribution in [3.05, 3.63) is 71.9 Å². The minimum Gasteiger partial charge on any atom is -0.233 e. The van der Waals surface area contributed by atoms with Gasteiger partial charge in [0.1, 0.15) is 0 Å². The molecule has 0 N–H and O–H groups in total. The summed E-state index contributed by atoms with van der Waals surface area (Å²) in [5.41, 5.74) is 6.70. The molecule has 23 heavy (non-hydrogen) atoms. The number of rotatable bonds is 2. The molecule has 0 bridgehead atoms. The van der Waals surface area contributed by atoms with Crippen LogP contribution < -0.4 is 0 Å². The van der Waals surface area contributed by atoms with E-state index in [4.69, 9.17) is 5.10 Å². The molecule has 0 atom stereocenters. The Hall–Kier alpha value is -2.35. The Labute approximate surface area is 137 Å². The molecule has 4 rings (SSSR count). The van der Waals surface area contributed by atoms with E-state index in [0.717, 1.165) is 18.5 Å². The van der Waals surface area contributed by atoms with Crippen molar-refractivity contribution in [2.75, 3.05) is 0 Å². The molecule has 1 heterocycles. The first-order chi connectivity index (χ1) is 11.1. The summed E-state index contributed by atoms with van der Waals surface area (Å²) in [5.74, 6) is 0. The Morgan fingerprint density at radius 1 is 0.913 bits per heavy atom. The number of aromatic nitrogens is 2. The standard InChI is InChI=1S/C21H22N2/c1-21(2)14-13-19-18(15-21)20(16-9-5-3-6-10-16)23(22-19)17-11-7-4-8-12-17/h3-12H,13-15H2,1-2H3. The highest BCUT2D eigenvalue weighted by Gasteiger charge is 2.31. The molecule has 3 aromatic rings. The van der Waals surface area contributed by atoms with Gasteiger partial charge >= 0.3 is 0 Å². The maximum atomic E-state index is 4.98. The largest absolute Gasteiger partial charge is 0.233 e. The zero-order valence-corrected chi connectivity index (χ0v) is 13.8. The van der Waals surface area contributed by atoms with Crippen molar-refractivity contribution in [2.24, 2.45) is 5.41 Å². The summed E-state index contributed by atoms with van der Waals surface area (Å²) in [4.78, 5) is 0. The minimum atomic E-state index is 0.348. The molecular formula is C21H22N2. The van der Waals surface area contributed by atoms with Gasteiger partial charge in [0.15, 0.2) is 0 Å². The lowest BCUT2D eigenvalue weighted by molar-refractivity contribution is 0.314. The van der Waals surface area contributed by atoms with Gasteiger partial charge in [-0.1, -0.05) is 62.4 Å². The van der Waals surface area contributed by atoms with Gasteiger partial charge < -0.3 is 0 Å². The lowest BCUT2D eigenvalue weighted by atomic mass is 9.75. The van der Waals surface area contributed by atoms with Gasteiger partial charge in [-0.15, -0.1) is 0 Å². The Kier molecular flexibility index (Phi) is 3.33. The molecule has 0 unspecified atom stereocenters. The zero-order valence-electron chi connectivity index (χ0n) is 13.8. The highest BCUT2D eigenvalue weighted by molar-refractivity contribution is 5.67. The highest BCUT2D eigenvalue weighted by atomic mass is 15.3. The first-order valence-corrected chi connectivity index (χ1v) is 8.36. The third kappa shape index (κ3) is 2.59. The number of fused-ring (bicyclic) bond motifs is 1. The van der Waals surface area contributed by atoms with Gasteiger partial charge in [0.05, 0.1) is 17.1 Å². The van der Waals surface area contributed by atoms with Crippen LogP contribution in [0, 0.1) is 5.41 Å². The number of hydrogen-bond acceptors (Lipinski definition) is 1. The van der Waals surface area contributed by atoms with Crippen molar-refractivity contribution in [3.8, 4) is 16.9 Å². The molecular weight excluding hydrogens is 280 g/mol. The molecule has 116 valence electrons. The van der Waals surface area contributed by atoms with Crippen LogP contribution in [0.15, 0.2) is 60.7 Å².